The number of methoxy groups -OCH3 is 1. The lowest BCUT2D eigenvalue weighted by Crippen LogP contribution is -1.98. The van der Waals surface area contributed by atoms with Gasteiger partial charge in [-0.3, -0.25) is 4.79 Å². The van der Waals surface area contributed by atoms with Gasteiger partial charge in [0.2, 0.25) is 0 Å². The number of para-hydroxylation sites is 1. The lowest BCUT2D eigenvalue weighted by Gasteiger charge is -2.04. The lowest BCUT2D eigenvalue weighted by atomic mass is 10.1. The van der Waals surface area contributed by atoms with E-state index in [1.54, 1.807) is 43.5 Å². The summed E-state index contributed by atoms with van der Waals surface area (Å²) < 4.78 is 10.1. The minimum Gasteiger partial charge on any atom is -0.507 e. The molecule has 2 rings (SSSR count). The first-order valence-corrected chi connectivity index (χ1v) is 6.43. The normalized spacial score (nSPS) is 10.7. The second kappa shape index (κ2) is 7.26. The van der Waals surface area contributed by atoms with Gasteiger partial charge in [-0.15, -0.1) is 0 Å². The van der Waals surface area contributed by atoms with Crippen LogP contribution >= 0.6 is 0 Å². The third-order valence-electron chi connectivity index (χ3n) is 2.82. The molecule has 0 aliphatic rings. The molecule has 21 heavy (non-hydrogen) atoms. The van der Waals surface area contributed by atoms with Crippen molar-refractivity contribution in [3.8, 4) is 11.5 Å². The highest BCUT2D eigenvalue weighted by atomic mass is 16.7. The van der Waals surface area contributed by atoms with Crippen molar-refractivity contribution in [2.45, 2.75) is 0 Å². The van der Waals surface area contributed by atoms with E-state index in [0.29, 0.717) is 5.75 Å². The van der Waals surface area contributed by atoms with Crippen LogP contribution in [0.3, 0.4) is 0 Å². The summed E-state index contributed by atoms with van der Waals surface area (Å²) in [6.07, 6.45) is 3.12. The van der Waals surface area contributed by atoms with Gasteiger partial charge in [0, 0.05) is 7.11 Å². The molecule has 2 aromatic carbocycles. The molecule has 0 aromatic heterocycles. The second-order valence-corrected chi connectivity index (χ2v) is 4.33. The average molecular weight is 284 g/mol. The number of carbonyl (C=O) groups excluding carboxylic acids is 1. The van der Waals surface area contributed by atoms with Crippen LogP contribution in [0, 0.1) is 0 Å². The van der Waals surface area contributed by atoms with E-state index in [0.717, 1.165) is 5.56 Å². The van der Waals surface area contributed by atoms with E-state index in [1.165, 1.54) is 12.1 Å². The molecule has 0 fully saturated rings. The van der Waals surface area contributed by atoms with Crippen LogP contribution in [-0.4, -0.2) is 24.8 Å². The Hall–Kier alpha value is -2.59. The zero-order chi connectivity index (χ0) is 15.1. The fourth-order valence-electron chi connectivity index (χ4n) is 1.75. The summed E-state index contributed by atoms with van der Waals surface area (Å²) in [6.45, 7) is 0.195. The second-order valence-electron chi connectivity index (χ2n) is 4.33. The van der Waals surface area contributed by atoms with Crippen molar-refractivity contribution in [1.29, 1.82) is 0 Å². The molecule has 0 saturated carbocycles. The number of allylic oxidation sites excluding steroid dienone is 1. The summed E-state index contributed by atoms with van der Waals surface area (Å²) in [4.78, 5) is 12.0. The van der Waals surface area contributed by atoms with Crippen LogP contribution in [0.5, 0.6) is 11.5 Å². The van der Waals surface area contributed by atoms with Crippen molar-refractivity contribution >= 4 is 11.9 Å². The molecule has 0 radical (unpaired) electrons. The molecular formula is C17H16O4. The molecule has 0 spiro atoms. The maximum Gasteiger partial charge on any atom is 0.189 e. The first-order chi connectivity index (χ1) is 10.2. The zero-order valence-corrected chi connectivity index (χ0v) is 11.7. The summed E-state index contributed by atoms with van der Waals surface area (Å²) in [5, 5.41) is 9.61. The van der Waals surface area contributed by atoms with Gasteiger partial charge in [0.25, 0.3) is 0 Å². The molecule has 0 atom stereocenters. The van der Waals surface area contributed by atoms with Gasteiger partial charge < -0.3 is 14.6 Å². The van der Waals surface area contributed by atoms with Crippen LogP contribution in [0.1, 0.15) is 15.9 Å². The molecule has 2 aromatic rings. The van der Waals surface area contributed by atoms with E-state index in [1.807, 2.05) is 12.1 Å². The molecule has 0 aliphatic heterocycles. The van der Waals surface area contributed by atoms with E-state index in [2.05, 4.69) is 0 Å². The summed E-state index contributed by atoms with van der Waals surface area (Å²) in [6, 6.07) is 13.7. The van der Waals surface area contributed by atoms with Gasteiger partial charge >= 0.3 is 0 Å². The van der Waals surface area contributed by atoms with Crippen LogP contribution in [0.2, 0.25) is 0 Å². The van der Waals surface area contributed by atoms with E-state index in [4.69, 9.17) is 9.47 Å². The van der Waals surface area contributed by atoms with E-state index in [9.17, 15) is 9.90 Å². The van der Waals surface area contributed by atoms with Crippen LogP contribution in [0.15, 0.2) is 54.6 Å². The molecule has 0 saturated heterocycles. The van der Waals surface area contributed by atoms with Crippen LogP contribution in [0.25, 0.3) is 6.08 Å². The van der Waals surface area contributed by atoms with Crippen LogP contribution < -0.4 is 4.74 Å². The fraction of sp³-hybridized carbons (Fsp3) is 0.118. The Morgan fingerprint density at radius 3 is 2.52 bits per heavy atom. The Kier molecular flexibility index (Phi) is 5.12. The van der Waals surface area contributed by atoms with Gasteiger partial charge in [-0.2, -0.15) is 0 Å². The first kappa shape index (κ1) is 14.8. The lowest BCUT2D eigenvalue weighted by molar-refractivity contribution is 0.0511. The van der Waals surface area contributed by atoms with Gasteiger partial charge in [-0.25, -0.2) is 0 Å². The van der Waals surface area contributed by atoms with Gasteiger partial charge in [0.15, 0.2) is 12.6 Å². The summed E-state index contributed by atoms with van der Waals surface area (Å²) in [5.41, 5.74) is 1.15. The number of ketones is 1. The van der Waals surface area contributed by atoms with Crippen molar-refractivity contribution in [2.24, 2.45) is 0 Å². The SMILES string of the molecule is COCOc1ccc(C=CC(=O)c2ccccc2O)cc1. The van der Waals surface area contributed by atoms with Gasteiger partial charge in [0.1, 0.15) is 11.5 Å². The summed E-state index contributed by atoms with van der Waals surface area (Å²) >= 11 is 0. The number of aromatic hydroxyl groups is 1. The van der Waals surface area contributed by atoms with Gasteiger partial charge in [-0.1, -0.05) is 30.3 Å². The topological polar surface area (TPSA) is 55.8 Å². The predicted molar refractivity (Wildman–Crippen MR) is 80.4 cm³/mol. The number of rotatable bonds is 6. The first-order valence-electron chi connectivity index (χ1n) is 6.43. The molecule has 4 nitrogen and oxygen atoms in total. The van der Waals surface area contributed by atoms with Crippen LogP contribution in [0.4, 0.5) is 0 Å². The Balaban J connectivity index is 2.04. The molecular weight excluding hydrogens is 268 g/mol. The Bertz CT molecular complexity index is 629. The van der Waals surface area contributed by atoms with Crippen molar-refractivity contribution in [3.05, 3.63) is 65.7 Å². The molecule has 108 valence electrons. The van der Waals surface area contributed by atoms with Gasteiger partial charge in [-0.05, 0) is 35.9 Å². The highest BCUT2D eigenvalue weighted by molar-refractivity contribution is 6.08. The Morgan fingerprint density at radius 1 is 1.14 bits per heavy atom. The maximum absolute atomic E-state index is 12.0. The van der Waals surface area contributed by atoms with E-state index < -0.39 is 0 Å². The zero-order valence-electron chi connectivity index (χ0n) is 11.7. The fourth-order valence-corrected chi connectivity index (χ4v) is 1.75. The number of hydrogen-bond donors (Lipinski definition) is 1. The quantitative estimate of drug-likeness (QED) is 0.502. The van der Waals surface area contributed by atoms with E-state index in [-0.39, 0.29) is 23.9 Å². The number of carbonyl (C=O) groups is 1. The number of phenols is 1. The third kappa shape index (κ3) is 4.19. The average Bonchev–Trinajstić information content (AvgIpc) is 2.52. The Morgan fingerprint density at radius 2 is 1.86 bits per heavy atom. The van der Waals surface area contributed by atoms with Crippen LogP contribution in [-0.2, 0) is 4.74 Å². The standard InChI is InChI=1S/C17H16O4/c1-20-12-21-14-9-6-13(7-10-14)8-11-17(19)15-4-2-3-5-16(15)18/h2-11,18H,12H2,1H3. The summed E-state index contributed by atoms with van der Waals surface area (Å²) in [7, 11) is 1.56. The van der Waals surface area contributed by atoms with Crippen molar-refractivity contribution in [3.63, 3.8) is 0 Å². The monoisotopic (exact) mass is 284 g/mol. The maximum atomic E-state index is 12.0. The minimum absolute atomic E-state index is 0.0181. The summed E-state index contributed by atoms with van der Waals surface area (Å²) in [5.74, 6) is 0.435. The number of phenolic OH excluding ortho intramolecular Hbond substituents is 1. The van der Waals surface area contributed by atoms with E-state index >= 15 is 0 Å². The number of ether oxygens (including phenoxy) is 2. The molecule has 1 N–H and O–H groups in total. The highest BCUT2D eigenvalue weighted by Gasteiger charge is 2.06. The molecule has 0 aliphatic carbocycles. The number of hydrogen-bond acceptors (Lipinski definition) is 4. The third-order valence-corrected chi connectivity index (χ3v) is 2.82. The minimum atomic E-state index is -0.243. The highest BCUT2D eigenvalue weighted by Crippen LogP contribution is 2.18. The predicted octanol–water partition coefficient (Wildman–Crippen LogP) is 3.27. The smallest absolute Gasteiger partial charge is 0.189 e. The molecule has 0 heterocycles. The molecule has 0 unspecified atom stereocenters. The van der Waals surface area contributed by atoms with Crippen molar-refractivity contribution in [1.82, 2.24) is 0 Å². The molecule has 0 amide bonds. The largest absolute Gasteiger partial charge is 0.507 e. The molecule has 4 heteroatoms. The van der Waals surface area contributed by atoms with Crippen molar-refractivity contribution in [2.75, 3.05) is 13.9 Å². The molecule has 0 bridgehead atoms. The van der Waals surface area contributed by atoms with Gasteiger partial charge in [0.05, 0.1) is 5.56 Å². The van der Waals surface area contributed by atoms with Crippen molar-refractivity contribution < 1.29 is 19.4 Å². The number of benzene rings is 2. The Labute approximate surface area is 123 Å².